The molecule has 1 aliphatic rings. The molecule has 0 bridgehead atoms. The third kappa shape index (κ3) is 4.76. The van der Waals surface area contributed by atoms with Gasteiger partial charge in [0.05, 0.1) is 4.90 Å². The number of hydrogen-bond donors (Lipinski definition) is 1. The van der Waals surface area contributed by atoms with Crippen LogP contribution in [0.4, 0.5) is 5.69 Å². The van der Waals surface area contributed by atoms with Crippen molar-refractivity contribution in [3.05, 3.63) is 59.7 Å². The summed E-state index contributed by atoms with van der Waals surface area (Å²) in [6.07, 6.45) is 2.14. The summed E-state index contributed by atoms with van der Waals surface area (Å²) in [5, 5.41) is 0. The largest absolute Gasteiger partial charge is 0.311 e. The zero-order chi connectivity index (χ0) is 19.6. The highest BCUT2D eigenvalue weighted by atomic mass is 32.2. The molecule has 0 aromatic heterocycles. The van der Waals surface area contributed by atoms with E-state index in [-0.39, 0.29) is 10.8 Å². The Labute approximate surface area is 161 Å². The van der Waals surface area contributed by atoms with Crippen LogP contribution in [0.5, 0.6) is 0 Å². The van der Waals surface area contributed by atoms with E-state index in [0.29, 0.717) is 23.9 Å². The van der Waals surface area contributed by atoms with Gasteiger partial charge in [0.25, 0.3) is 5.91 Å². The van der Waals surface area contributed by atoms with E-state index in [1.165, 1.54) is 12.1 Å². The molecule has 6 heteroatoms. The highest BCUT2D eigenvalue weighted by Crippen LogP contribution is 2.28. The second kappa shape index (κ2) is 7.82. The molecular weight excluding hydrogens is 360 g/mol. The fourth-order valence-electron chi connectivity index (χ4n) is 2.83. The summed E-state index contributed by atoms with van der Waals surface area (Å²) >= 11 is 0. The molecule has 144 valence electrons. The first kappa shape index (κ1) is 19.6. The van der Waals surface area contributed by atoms with E-state index in [1.54, 1.807) is 24.1 Å². The van der Waals surface area contributed by atoms with Gasteiger partial charge in [-0.15, -0.1) is 0 Å². The van der Waals surface area contributed by atoms with Gasteiger partial charge < -0.3 is 4.90 Å². The molecule has 0 spiro atoms. The smallest absolute Gasteiger partial charge is 0.258 e. The van der Waals surface area contributed by atoms with Crippen molar-refractivity contribution in [2.75, 3.05) is 18.5 Å². The van der Waals surface area contributed by atoms with Crippen LogP contribution in [0.25, 0.3) is 0 Å². The monoisotopic (exact) mass is 386 g/mol. The van der Waals surface area contributed by atoms with Gasteiger partial charge in [0, 0.05) is 24.8 Å². The van der Waals surface area contributed by atoms with E-state index >= 15 is 0 Å². The highest BCUT2D eigenvalue weighted by Gasteiger charge is 2.25. The zero-order valence-corrected chi connectivity index (χ0v) is 16.8. The predicted molar refractivity (Wildman–Crippen MR) is 108 cm³/mol. The molecule has 1 saturated carbocycles. The van der Waals surface area contributed by atoms with Gasteiger partial charge in [-0.25, -0.2) is 13.1 Å². The molecule has 0 unspecified atom stereocenters. The highest BCUT2D eigenvalue weighted by molar-refractivity contribution is 7.89. The molecule has 0 atom stereocenters. The van der Waals surface area contributed by atoms with Gasteiger partial charge in [-0.3, -0.25) is 4.79 Å². The number of hydrogen-bond acceptors (Lipinski definition) is 3. The standard InChI is InChI=1S/C21H26N2O3S/c1-15(2)17-6-4-8-19(12-17)23(3)21(24)18-7-5-9-20(13-18)27(25,26)22-14-16-10-11-16/h4-9,12-13,15-16,22H,10-11,14H2,1-3H3. The lowest BCUT2D eigenvalue weighted by Crippen LogP contribution is -2.28. The van der Waals surface area contributed by atoms with Gasteiger partial charge in [-0.05, 0) is 60.6 Å². The first-order valence-corrected chi connectivity index (χ1v) is 10.7. The van der Waals surface area contributed by atoms with Crippen molar-refractivity contribution in [3.8, 4) is 0 Å². The number of rotatable bonds is 7. The summed E-state index contributed by atoms with van der Waals surface area (Å²) in [6.45, 7) is 4.66. The third-order valence-electron chi connectivity index (χ3n) is 4.88. The van der Waals surface area contributed by atoms with Gasteiger partial charge in [-0.2, -0.15) is 0 Å². The average Bonchev–Trinajstić information content (AvgIpc) is 3.50. The van der Waals surface area contributed by atoms with Crippen molar-refractivity contribution in [3.63, 3.8) is 0 Å². The van der Waals surface area contributed by atoms with Crippen LogP contribution in [0.1, 0.15) is 48.5 Å². The van der Waals surface area contributed by atoms with E-state index in [2.05, 4.69) is 18.6 Å². The summed E-state index contributed by atoms with van der Waals surface area (Å²) in [5.74, 6) is 0.568. The fourth-order valence-corrected chi connectivity index (χ4v) is 3.99. The van der Waals surface area contributed by atoms with Crippen molar-refractivity contribution < 1.29 is 13.2 Å². The fraction of sp³-hybridized carbons (Fsp3) is 0.381. The Morgan fingerprint density at radius 2 is 1.85 bits per heavy atom. The Kier molecular flexibility index (Phi) is 5.67. The van der Waals surface area contributed by atoms with Crippen LogP contribution in [0.3, 0.4) is 0 Å². The number of nitrogens with one attached hydrogen (secondary N) is 1. The van der Waals surface area contributed by atoms with Gasteiger partial charge in [0.2, 0.25) is 10.0 Å². The summed E-state index contributed by atoms with van der Waals surface area (Å²) in [4.78, 5) is 14.6. The lowest BCUT2D eigenvalue weighted by molar-refractivity contribution is 0.0993. The maximum Gasteiger partial charge on any atom is 0.258 e. The van der Waals surface area contributed by atoms with Crippen LogP contribution < -0.4 is 9.62 Å². The summed E-state index contributed by atoms with van der Waals surface area (Å²) in [7, 11) is -1.90. The van der Waals surface area contributed by atoms with E-state index in [0.717, 1.165) is 24.1 Å². The van der Waals surface area contributed by atoms with E-state index in [9.17, 15) is 13.2 Å². The molecule has 1 fully saturated rings. The topological polar surface area (TPSA) is 66.5 Å². The van der Waals surface area contributed by atoms with Crippen molar-refractivity contribution in [1.82, 2.24) is 4.72 Å². The summed E-state index contributed by atoms with van der Waals surface area (Å²) in [5.41, 5.74) is 2.28. The summed E-state index contributed by atoms with van der Waals surface area (Å²) in [6, 6.07) is 14.0. The Balaban J connectivity index is 1.81. The molecular formula is C21H26N2O3S. The van der Waals surface area contributed by atoms with Gasteiger partial charge >= 0.3 is 0 Å². The van der Waals surface area contributed by atoms with Crippen LogP contribution in [0.2, 0.25) is 0 Å². The Morgan fingerprint density at radius 1 is 1.15 bits per heavy atom. The van der Waals surface area contributed by atoms with Crippen molar-refractivity contribution in [2.45, 2.75) is 37.5 Å². The molecule has 1 N–H and O–H groups in total. The number of carbonyl (C=O) groups excluding carboxylic acids is 1. The third-order valence-corrected chi connectivity index (χ3v) is 6.30. The van der Waals surface area contributed by atoms with Crippen molar-refractivity contribution >= 4 is 21.6 Å². The first-order valence-electron chi connectivity index (χ1n) is 9.25. The number of amides is 1. The van der Waals surface area contributed by atoms with Crippen molar-refractivity contribution in [2.24, 2.45) is 5.92 Å². The van der Waals surface area contributed by atoms with E-state index in [1.807, 2.05) is 24.3 Å². The maximum atomic E-state index is 12.9. The lowest BCUT2D eigenvalue weighted by atomic mass is 10.0. The quantitative estimate of drug-likeness (QED) is 0.788. The van der Waals surface area contributed by atoms with E-state index in [4.69, 9.17) is 0 Å². The molecule has 3 rings (SSSR count). The van der Waals surface area contributed by atoms with Gasteiger partial charge in [0.1, 0.15) is 0 Å². The number of nitrogens with zero attached hydrogens (tertiary/aromatic N) is 1. The molecule has 27 heavy (non-hydrogen) atoms. The Hall–Kier alpha value is -2.18. The second-order valence-corrected chi connectivity index (χ2v) is 9.20. The second-order valence-electron chi connectivity index (χ2n) is 7.44. The molecule has 5 nitrogen and oxygen atoms in total. The number of anilines is 1. The number of benzene rings is 2. The SMILES string of the molecule is CC(C)c1cccc(N(C)C(=O)c2cccc(S(=O)(=O)NCC3CC3)c2)c1. The molecule has 0 heterocycles. The summed E-state index contributed by atoms with van der Waals surface area (Å²) < 4.78 is 27.6. The van der Waals surface area contributed by atoms with Crippen molar-refractivity contribution in [1.29, 1.82) is 0 Å². The van der Waals surface area contributed by atoms with Gasteiger partial charge in [0.15, 0.2) is 0 Å². The first-order chi connectivity index (χ1) is 12.8. The maximum absolute atomic E-state index is 12.9. The van der Waals surface area contributed by atoms with Gasteiger partial charge in [-0.1, -0.05) is 32.0 Å². The number of sulfonamides is 1. The minimum Gasteiger partial charge on any atom is -0.311 e. The molecule has 0 saturated heterocycles. The average molecular weight is 387 g/mol. The van der Waals surface area contributed by atoms with Crippen LogP contribution >= 0.6 is 0 Å². The Morgan fingerprint density at radius 3 is 2.52 bits per heavy atom. The number of carbonyl (C=O) groups is 1. The Bertz CT molecular complexity index is 934. The van der Waals surface area contributed by atoms with Crippen LogP contribution in [-0.2, 0) is 10.0 Å². The van der Waals surface area contributed by atoms with E-state index < -0.39 is 10.0 Å². The van der Waals surface area contributed by atoms with Crippen LogP contribution in [0, 0.1) is 5.92 Å². The minimum absolute atomic E-state index is 0.123. The molecule has 0 radical (unpaired) electrons. The molecule has 2 aromatic rings. The predicted octanol–water partition coefficient (Wildman–Crippen LogP) is 3.77. The van der Waals surface area contributed by atoms with Crippen LogP contribution in [0.15, 0.2) is 53.4 Å². The molecule has 2 aromatic carbocycles. The lowest BCUT2D eigenvalue weighted by Gasteiger charge is -2.19. The minimum atomic E-state index is -3.60. The molecule has 1 amide bonds. The molecule has 1 aliphatic carbocycles. The molecule has 0 aliphatic heterocycles. The zero-order valence-electron chi connectivity index (χ0n) is 16.0. The van der Waals surface area contributed by atoms with Crippen LogP contribution in [-0.4, -0.2) is 27.9 Å². The normalized spacial score (nSPS) is 14.4.